The van der Waals surface area contributed by atoms with Crippen molar-refractivity contribution in [1.82, 2.24) is 35.2 Å². The van der Waals surface area contributed by atoms with Crippen molar-refractivity contribution in [2.45, 2.75) is 111 Å². The van der Waals surface area contributed by atoms with E-state index in [2.05, 4.69) is 59.2 Å². The first-order valence-electron chi connectivity index (χ1n) is 24.0. The molecule has 376 valence electrons. The van der Waals surface area contributed by atoms with Gasteiger partial charge in [-0.2, -0.15) is 0 Å². The average molecular weight is 981 g/mol. The summed E-state index contributed by atoms with van der Waals surface area (Å²) in [5.41, 5.74) is 9.87. The standard InChI is InChI=1S/C52H68N8O9S/c1-10-59-43-19-18-35(42-31-70-44(54-42)27-41(55-49(64)69-51(3,4)5)47(62)60-20-14-17-40(56-60)48(63)67-9)25-37(43)39(28-52(6,7)32-61)46(59)38-26-36(29-53-45(38)33(2)66-8)57-21-23-58(24-22-57)50(65)68-30-34-15-12-11-13-16-34/h11-13,15-16,18-19,25-26,29,31,33,40-41,56,61H,10,14,17,20-24,27-28,30,32H2,1-9H3,(H,55,64)/t33-,40?,41?/m0/s1. The molecule has 0 aliphatic carbocycles. The van der Waals surface area contributed by atoms with Gasteiger partial charge in [0.15, 0.2) is 0 Å². The van der Waals surface area contributed by atoms with Gasteiger partial charge in [-0.1, -0.05) is 50.2 Å². The summed E-state index contributed by atoms with van der Waals surface area (Å²) in [6.07, 6.45) is 2.17. The number of benzene rings is 2. The fourth-order valence-corrected chi connectivity index (χ4v) is 9.81. The van der Waals surface area contributed by atoms with Gasteiger partial charge >= 0.3 is 18.2 Å². The van der Waals surface area contributed by atoms with Gasteiger partial charge in [0.2, 0.25) is 0 Å². The number of rotatable bonds is 16. The van der Waals surface area contributed by atoms with Crippen molar-refractivity contribution < 1.29 is 43.2 Å². The van der Waals surface area contributed by atoms with E-state index in [4.69, 9.17) is 28.9 Å². The Morgan fingerprint density at radius 2 is 1.73 bits per heavy atom. The SMILES string of the molecule is CCn1c(-c2cc(N3CCN(C(=O)OCc4ccccc4)CC3)cnc2[C@H](C)OC)c(CC(C)(C)CO)c2cc(-c3csc(CC(NC(=O)OC(C)(C)C)C(=O)N4CCCC(C(=O)OC)N4)n3)ccc21. The highest BCUT2D eigenvalue weighted by Crippen LogP contribution is 2.43. The van der Waals surface area contributed by atoms with Crippen LogP contribution < -0.4 is 15.6 Å². The Morgan fingerprint density at radius 1 is 0.986 bits per heavy atom. The Balaban J connectivity index is 1.21. The number of aromatic nitrogens is 3. The molecule has 0 bridgehead atoms. The van der Waals surface area contributed by atoms with Crippen molar-refractivity contribution in [3.63, 3.8) is 0 Å². The van der Waals surface area contributed by atoms with Crippen LogP contribution in [0.25, 0.3) is 33.4 Å². The monoisotopic (exact) mass is 980 g/mol. The van der Waals surface area contributed by atoms with Crippen molar-refractivity contribution >= 4 is 52.0 Å². The first-order valence-corrected chi connectivity index (χ1v) is 24.9. The molecular formula is C52H68N8O9S. The topological polar surface area (TPSA) is 190 Å². The number of pyridine rings is 1. The van der Waals surface area contributed by atoms with Gasteiger partial charge < -0.3 is 43.7 Å². The minimum atomic E-state index is -1.05. The van der Waals surface area contributed by atoms with Crippen LogP contribution in [0, 0.1) is 5.41 Å². The van der Waals surface area contributed by atoms with E-state index in [9.17, 15) is 24.3 Å². The maximum absolute atomic E-state index is 14.1. The van der Waals surface area contributed by atoms with Gasteiger partial charge in [-0.05, 0) is 88.6 Å². The Bertz CT molecular complexity index is 2640. The number of alkyl carbamates (subject to hydrolysis) is 1. The molecule has 3 amide bonds. The lowest BCUT2D eigenvalue weighted by molar-refractivity contribution is -0.150. The summed E-state index contributed by atoms with van der Waals surface area (Å²) in [6.45, 7) is 16.8. The minimum Gasteiger partial charge on any atom is -0.468 e. The number of nitrogens with one attached hydrogen (secondary N) is 2. The maximum atomic E-state index is 14.1. The summed E-state index contributed by atoms with van der Waals surface area (Å²) in [5, 5.41) is 18.4. The van der Waals surface area contributed by atoms with Crippen LogP contribution in [0.3, 0.4) is 0 Å². The highest BCUT2D eigenvalue weighted by atomic mass is 32.1. The summed E-state index contributed by atoms with van der Waals surface area (Å²) < 4.78 is 24.4. The fourth-order valence-electron chi connectivity index (χ4n) is 8.96. The second-order valence-electron chi connectivity index (χ2n) is 19.7. The molecule has 17 nitrogen and oxygen atoms in total. The van der Waals surface area contributed by atoms with Crippen LogP contribution in [-0.2, 0) is 54.5 Å². The molecule has 3 atom stereocenters. The third kappa shape index (κ3) is 12.3. The normalized spacial score (nSPS) is 16.5. The van der Waals surface area contributed by atoms with Gasteiger partial charge in [0.05, 0.1) is 47.2 Å². The molecular weight excluding hydrogens is 913 g/mol. The number of aliphatic hydroxyl groups is 1. The molecule has 0 radical (unpaired) electrons. The Hall–Kier alpha value is -6.08. The van der Waals surface area contributed by atoms with E-state index in [1.807, 2.05) is 54.9 Å². The molecule has 18 heteroatoms. The minimum absolute atomic E-state index is 0.0361. The zero-order valence-corrected chi connectivity index (χ0v) is 42.7. The molecule has 0 saturated carbocycles. The first-order chi connectivity index (χ1) is 33.4. The van der Waals surface area contributed by atoms with E-state index in [1.54, 1.807) is 32.8 Å². The third-order valence-electron chi connectivity index (χ3n) is 12.7. The largest absolute Gasteiger partial charge is 0.468 e. The number of hydrazine groups is 1. The number of thiazole rings is 1. The number of ether oxygens (including phenoxy) is 4. The number of carbonyl (C=O) groups is 4. The molecule has 2 aliphatic heterocycles. The van der Waals surface area contributed by atoms with Gasteiger partial charge in [0.1, 0.15) is 24.3 Å². The number of nitrogens with zero attached hydrogens (tertiary/aromatic N) is 6. The molecule has 5 heterocycles. The summed E-state index contributed by atoms with van der Waals surface area (Å²) in [5.74, 6) is -0.898. The highest BCUT2D eigenvalue weighted by Gasteiger charge is 2.35. The lowest BCUT2D eigenvalue weighted by Crippen LogP contribution is -2.60. The number of esters is 1. The van der Waals surface area contributed by atoms with Crippen molar-refractivity contribution in [2.24, 2.45) is 5.41 Å². The lowest BCUT2D eigenvalue weighted by Gasteiger charge is -2.35. The molecule has 7 rings (SSSR count). The molecule has 0 spiro atoms. The number of anilines is 1. The predicted molar refractivity (Wildman–Crippen MR) is 269 cm³/mol. The number of aliphatic hydroxyl groups excluding tert-OH is 1. The van der Waals surface area contributed by atoms with Gasteiger partial charge in [0.25, 0.3) is 5.91 Å². The summed E-state index contributed by atoms with van der Waals surface area (Å²) in [6, 6.07) is 16.4. The van der Waals surface area contributed by atoms with E-state index < -0.39 is 41.1 Å². The number of hydrogen-bond donors (Lipinski definition) is 3. The Labute approximate surface area is 414 Å². The molecule has 2 fully saturated rings. The zero-order valence-electron chi connectivity index (χ0n) is 41.9. The number of fused-ring (bicyclic) bond motifs is 1. The molecule has 2 unspecified atom stereocenters. The zero-order chi connectivity index (χ0) is 50.3. The fraction of sp³-hybridized carbons (Fsp3) is 0.500. The lowest BCUT2D eigenvalue weighted by atomic mass is 9.84. The molecule has 2 aliphatic rings. The second-order valence-corrected chi connectivity index (χ2v) is 20.6. The van der Waals surface area contributed by atoms with Crippen LogP contribution in [0.2, 0.25) is 0 Å². The number of methoxy groups -OCH3 is 2. The smallest absolute Gasteiger partial charge is 0.410 e. The molecule has 3 aromatic heterocycles. The summed E-state index contributed by atoms with van der Waals surface area (Å²) >= 11 is 1.38. The van der Waals surface area contributed by atoms with Crippen LogP contribution in [0.1, 0.15) is 89.2 Å². The second kappa shape index (κ2) is 22.3. The van der Waals surface area contributed by atoms with Crippen molar-refractivity contribution in [3.05, 3.63) is 88.0 Å². The molecule has 3 N–H and O–H groups in total. The van der Waals surface area contributed by atoms with Crippen LogP contribution in [0.5, 0.6) is 0 Å². The highest BCUT2D eigenvalue weighted by molar-refractivity contribution is 7.10. The van der Waals surface area contributed by atoms with E-state index >= 15 is 0 Å². The number of aryl methyl sites for hydroxylation is 1. The van der Waals surface area contributed by atoms with E-state index in [0.29, 0.717) is 69.2 Å². The van der Waals surface area contributed by atoms with Crippen LogP contribution in [0.15, 0.2) is 66.2 Å². The van der Waals surface area contributed by atoms with Gasteiger partial charge in [0, 0.05) is 86.8 Å². The van der Waals surface area contributed by atoms with Gasteiger partial charge in [-0.15, -0.1) is 11.3 Å². The summed E-state index contributed by atoms with van der Waals surface area (Å²) in [4.78, 5) is 66.8. The third-order valence-corrected chi connectivity index (χ3v) is 13.6. The van der Waals surface area contributed by atoms with Crippen LogP contribution in [-0.4, -0.2) is 125 Å². The first kappa shape index (κ1) is 51.8. The predicted octanol–water partition coefficient (Wildman–Crippen LogP) is 7.68. The van der Waals surface area contributed by atoms with Crippen molar-refractivity contribution in [1.29, 1.82) is 0 Å². The molecule has 70 heavy (non-hydrogen) atoms. The average Bonchev–Trinajstić information content (AvgIpc) is 3.95. The number of hydrogen-bond acceptors (Lipinski definition) is 14. The molecule has 5 aromatic rings. The van der Waals surface area contributed by atoms with Gasteiger partial charge in [-0.3, -0.25) is 19.6 Å². The van der Waals surface area contributed by atoms with E-state index in [0.717, 1.165) is 50.2 Å². The molecule has 2 aromatic carbocycles. The quantitative estimate of drug-likeness (QED) is 0.0646. The van der Waals surface area contributed by atoms with Gasteiger partial charge in [-0.25, -0.2) is 20.0 Å². The van der Waals surface area contributed by atoms with Crippen molar-refractivity contribution in [3.8, 4) is 22.5 Å². The van der Waals surface area contributed by atoms with E-state index in [1.165, 1.54) is 23.5 Å². The van der Waals surface area contributed by atoms with Crippen LogP contribution in [0.4, 0.5) is 15.3 Å². The number of amides is 3. The van der Waals surface area contributed by atoms with Crippen LogP contribution >= 0.6 is 11.3 Å². The summed E-state index contributed by atoms with van der Waals surface area (Å²) in [7, 11) is 2.98. The number of carbonyl (C=O) groups excluding carboxylic acids is 4. The Kier molecular flexibility index (Phi) is 16.5. The van der Waals surface area contributed by atoms with E-state index in [-0.39, 0.29) is 31.8 Å². The molecule has 2 saturated heterocycles. The Morgan fingerprint density at radius 3 is 2.40 bits per heavy atom. The van der Waals surface area contributed by atoms with Crippen molar-refractivity contribution in [2.75, 3.05) is 58.5 Å². The maximum Gasteiger partial charge on any atom is 0.410 e. The number of piperazine rings is 1.